The van der Waals surface area contributed by atoms with E-state index >= 15 is 0 Å². The van der Waals surface area contributed by atoms with Crippen molar-refractivity contribution in [1.82, 2.24) is 4.83 Å². The zero-order valence-corrected chi connectivity index (χ0v) is 11.2. The molecule has 0 aliphatic carbocycles. The average molecular weight is 265 g/mol. The van der Waals surface area contributed by atoms with E-state index in [0.29, 0.717) is 0 Å². The van der Waals surface area contributed by atoms with Crippen LogP contribution in [0.2, 0.25) is 5.02 Å². The fourth-order valence-electron chi connectivity index (χ4n) is 0.710. The van der Waals surface area contributed by atoms with Crippen LogP contribution in [0, 0.1) is 5.82 Å². The van der Waals surface area contributed by atoms with Crippen molar-refractivity contribution in [2.75, 3.05) is 5.43 Å². The summed E-state index contributed by atoms with van der Waals surface area (Å²) in [5.74, 6) is -0.742. The molecule has 1 rings (SSSR count). The zero-order valence-electron chi connectivity index (χ0n) is 8.66. The molecule has 3 N–H and O–H groups in total. The van der Waals surface area contributed by atoms with Gasteiger partial charge < -0.3 is 6.85 Å². The molecule has 0 radical (unpaired) electrons. The Kier molecular flexibility index (Phi) is 6.04. The molecule has 0 amide bonds. The third-order valence-corrected chi connectivity index (χ3v) is 1.84. The number of nitrogens with one attached hydrogen (secondary N) is 2. The van der Waals surface area contributed by atoms with E-state index in [4.69, 9.17) is 16.2 Å². The van der Waals surface area contributed by atoms with Gasteiger partial charge in [-0.1, -0.05) is 11.6 Å². The maximum Gasteiger partial charge on any atom is 1.00 e. The van der Waals surface area contributed by atoms with Crippen LogP contribution in [0.25, 0.3) is 0 Å². The van der Waals surface area contributed by atoms with Crippen LogP contribution >= 0.6 is 11.6 Å². The standard InChI is InChI=1S/C6H6ClFN2O3S.Na.H/c7-4-1-2-6(5(8)3-4)9-10-14(11,12)13;;/h1-3,9-10H,(H,11,12,13);;/q;+1;-1. The van der Waals surface area contributed by atoms with Crippen molar-refractivity contribution in [2.24, 2.45) is 0 Å². The Hall–Kier alpha value is 0.110. The summed E-state index contributed by atoms with van der Waals surface area (Å²) >= 11 is 5.45. The molecule has 0 bridgehead atoms. The molecular weight excluding hydrogens is 258 g/mol. The minimum Gasteiger partial charge on any atom is -1.00 e. The van der Waals surface area contributed by atoms with Crippen LogP contribution in [0.5, 0.6) is 0 Å². The quantitative estimate of drug-likeness (QED) is 0.346. The first kappa shape index (κ1) is 15.1. The second-order valence-electron chi connectivity index (χ2n) is 2.33. The van der Waals surface area contributed by atoms with Gasteiger partial charge in [0.05, 0.1) is 5.69 Å². The van der Waals surface area contributed by atoms with Crippen LogP contribution in [0.4, 0.5) is 10.1 Å². The summed E-state index contributed by atoms with van der Waals surface area (Å²) in [4.78, 5) is 1.49. The van der Waals surface area contributed by atoms with Gasteiger partial charge >= 0.3 is 39.9 Å². The Morgan fingerprint density at radius 3 is 2.53 bits per heavy atom. The van der Waals surface area contributed by atoms with Gasteiger partial charge in [0.15, 0.2) is 0 Å². The number of anilines is 1. The maximum atomic E-state index is 13.0. The molecule has 0 fully saturated rings. The van der Waals surface area contributed by atoms with Crippen LogP contribution in [-0.4, -0.2) is 13.0 Å². The molecule has 0 saturated carbocycles. The summed E-state index contributed by atoms with van der Waals surface area (Å²) in [5, 5.41) is 0.180. The first-order valence-corrected chi connectivity index (χ1v) is 5.15. The van der Waals surface area contributed by atoms with Gasteiger partial charge in [0.1, 0.15) is 5.82 Å². The van der Waals surface area contributed by atoms with Gasteiger partial charge in [-0.05, 0) is 18.2 Å². The number of hydrogen-bond acceptors (Lipinski definition) is 3. The molecule has 0 unspecified atom stereocenters. The van der Waals surface area contributed by atoms with E-state index in [1.807, 2.05) is 5.43 Å². The summed E-state index contributed by atoms with van der Waals surface area (Å²) < 4.78 is 41.7. The first-order chi connectivity index (χ1) is 6.38. The molecule has 1 aromatic rings. The van der Waals surface area contributed by atoms with Crippen molar-refractivity contribution in [2.45, 2.75) is 0 Å². The normalized spacial score (nSPS) is 10.6. The zero-order chi connectivity index (χ0) is 10.8. The summed E-state index contributed by atoms with van der Waals surface area (Å²) in [7, 11) is -4.41. The third kappa shape index (κ3) is 5.67. The third-order valence-electron chi connectivity index (χ3n) is 1.25. The first-order valence-electron chi connectivity index (χ1n) is 3.34. The fourth-order valence-corrected chi connectivity index (χ4v) is 1.11. The molecule has 0 heterocycles. The SMILES string of the molecule is O=S(=O)(O)NNc1ccc(Cl)cc1F.[H-].[Na+]. The second kappa shape index (κ2) is 6.00. The molecule has 80 valence electrons. The van der Waals surface area contributed by atoms with Gasteiger partial charge in [-0.3, -0.25) is 4.55 Å². The molecule has 5 nitrogen and oxygen atoms in total. The summed E-state index contributed by atoms with van der Waals surface area (Å²) in [5.41, 5.74) is 1.81. The molecule has 0 aliphatic heterocycles. The van der Waals surface area contributed by atoms with Crippen molar-refractivity contribution < 1.29 is 48.3 Å². The molecule has 0 spiro atoms. The largest absolute Gasteiger partial charge is 1.00 e. The molecule has 1 aromatic carbocycles. The van der Waals surface area contributed by atoms with E-state index < -0.39 is 16.1 Å². The Morgan fingerprint density at radius 1 is 1.47 bits per heavy atom. The van der Waals surface area contributed by atoms with E-state index in [-0.39, 0.29) is 41.7 Å². The van der Waals surface area contributed by atoms with Crippen LogP contribution in [0.15, 0.2) is 18.2 Å². The molecule has 15 heavy (non-hydrogen) atoms. The fraction of sp³-hybridized carbons (Fsp3) is 0. The van der Waals surface area contributed by atoms with E-state index in [1.165, 1.54) is 17.0 Å². The van der Waals surface area contributed by atoms with E-state index in [2.05, 4.69) is 0 Å². The van der Waals surface area contributed by atoms with E-state index in [1.54, 1.807) is 0 Å². The molecule has 9 heteroatoms. The molecule has 0 aliphatic rings. The second-order valence-corrected chi connectivity index (χ2v) is 3.92. The van der Waals surface area contributed by atoms with Crippen LogP contribution in [-0.2, 0) is 10.3 Å². The van der Waals surface area contributed by atoms with Crippen molar-refractivity contribution in [3.63, 3.8) is 0 Å². The van der Waals surface area contributed by atoms with Gasteiger partial charge in [-0.15, -0.1) is 4.83 Å². The van der Waals surface area contributed by atoms with Crippen LogP contribution < -0.4 is 39.8 Å². The summed E-state index contributed by atoms with van der Waals surface area (Å²) in [6.45, 7) is 0. The number of rotatable bonds is 3. The van der Waals surface area contributed by atoms with Gasteiger partial charge in [0.2, 0.25) is 0 Å². The van der Waals surface area contributed by atoms with Crippen molar-refractivity contribution in [3.8, 4) is 0 Å². The number of halogens is 2. The number of hydrogen-bond donors (Lipinski definition) is 3. The van der Waals surface area contributed by atoms with Gasteiger partial charge in [-0.25, -0.2) is 4.39 Å². The Bertz CT molecular complexity index is 447. The number of hydrazine groups is 1. The van der Waals surface area contributed by atoms with E-state index in [0.717, 1.165) is 6.07 Å². The van der Waals surface area contributed by atoms with Crippen molar-refractivity contribution >= 4 is 27.6 Å². The van der Waals surface area contributed by atoms with Gasteiger partial charge in [-0.2, -0.15) is 8.42 Å². The Balaban J connectivity index is 0. The molecule has 0 saturated heterocycles. The van der Waals surface area contributed by atoms with Crippen molar-refractivity contribution in [1.29, 1.82) is 0 Å². The molecular formula is C6H7ClFN2NaO3S. The topological polar surface area (TPSA) is 78.4 Å². The summed E-state index contributed by atoms with van der Waals surface area (Å²) in [6, 6.07) is 3.57. The predicted molar refractivity (Wildman–Crippen MR) is 50.8 cm³/mol. The molecule has 0 aromatic heterocycles. The minimum atomic E-state index is -4.41. The monoisotopic (exact) mass is 264 g/mol. The smallest absolute Gasteiger partial charge is 1.00 e. The maximum absolute atomic E-state index is 13.0. The van der Waals surface area contributed by atoms with Crippen LogP contribution in [0.3, 0.4) is 0 Å². The Labute approximate surface area is 115 Å². The number of benzene rings is 1. The Morgan fingerprint density at radius 2 is 2.07 bits per heavy atom. The van der Waals surface area contributed by atoms with E-state index in [9.17, 15) is 12.8 Å². The minimum absolute atomic E-state index is 0. The van der Waals surface area contributed by atoms with Crippen LogP contribution in [0.1, 0.15) is 1.43 Å². The summed E-state index contributed by atoms with van der Waals surface area (Å²) in [6.07, 6.45) is 0. The predicted octanol–water partition coefficient (Wildman–Crippen LogP) is -1.69. The van der Waals surface area contributed by atoms with Gasteiger partial charge in [0, 0.05) is 5.02 Å². The molecule has 0 atom stereocenters. The van der Waals surface area contributed by atoms with Gasteiger partial charge in [0.25, 0.3) is 0 Å². The van der Waals surface area contributed by atoms with Crippen molar-refractivity contribution in [3.05, 3.63) is 29.0 Å². The average Bonchev–Trinajstić information content (AvgIpc) is 2.00.